The third-order valence-corrected chi connectivity index (χ3v) is 3.21. The zero-order chi connectivity index (χ0) is 15.9. The minimum atomic E-state index is -0.254. The molecule has 0 bridgehead atoms. The first-order valence-electron chi connectivity index (χ1n) is 7.05. The number of benzene rings is 2. The van der Waals surface area contributed by atoms with E-state index in [1.54, 1.807) is 0 Å². The smallest absolute Gasteiger partial charge is 0.221 e. The highest BCUT2D eigenvalue weighted by Crippen LogP contribution is 2.28. The molecular weight excluding hydrogens is 276 g/mol. The summed E-state index contributed by atoms with van der Waals surface area (Å²) in [6.07, 6.45) is 0.648. The van der Waals surface area contributed by atoms with Crippen molar-refractivity contribution in [3.05, 3.63) is 65.7 Å². The molecular formula is C17H20N4O. The van der Waals surface area contributed by atoms with Crippen LogP contribution in [0.3, 0.4) is 0 Å². The van der Waals surface area contributed by atoms with Crippen LogP contribution in [0.5, 0.6) is 0 Å². The molecule has 0 aliphatic rings. The summed E-state index contributed by atoms with van der Waals surface area (Å²) in [5.74, 6) is -0.103. The number of nitrogens with zero attached hydrogens (tertiary/aromatic N) is 1. The van der Waals surface area contributed by atoms with Crippen LogP contribution >= 0.6 is 0 Å². The maximum Gasteiger partial charge on any atom is 0.221 e. The highest BCUT2D eigenvalue weighted by atomic mass is 16.1. The summed E-state index contributed by atoms with van der Waals surface area (Å²) in [6, 6.07) is 17.2. The minimum absolute atomic E-state index is 0.0264. The Morgan fingerprint density at radius 3 is 2.36 bits per heavy atom. The number of hydrogen-bond donors (Lipinski definition) is 3. The Morgan fingerprint density at radius 2 is 1.73 bits per heavy atom. The lowest BCUT2D eigenvalue weighted by atomic mass is 9.98. The zero-order valence-electron chi connectivity index (χ0n) is 12.5. The van der Waals surface area contributed by atoms with Crippen molar-refractivity contribution in [2.24, 2.45) is 16.5 Å². The average molecular weight is 296 g/mol. The zero-order valence-corrected chi connectivity index (χ0v) is 12.5. The van der Waals surface area contributed by atoms with Gasteiger partial charge in [-0.05, 0) is 18.1 Å². The van der Waals surface area contributed by atoms with E-state index in [-0.39, 0.29) is 17.9 Å². The molecule has 5 nitrogen and oxygen atoms in total. The van der Waals surface area contributed by atoms with Crippen LogP contribution in [0.15, 0.2) is 59.6 Å². The van der Waals surface area contributed by atoms with Gasteiger partial charge in [0.15, 0.2) is 5.96 Å². The van der Waals surface area contributed by atoms with Crippen LogP contribution in [0.4, 0.5) is 5.69 Å². The molecule has 1 unspecified atom stereocenters. The fourth-order valence-electron chi connectivity index (χ4n) is 2.33. The molecule has 5 N–H and O–H groups in total. The number of guanidine groups is 1. The maximum absolute atomic E-state index is 11.4. The van der Waals surface area contributed by atoms with Gasteiger partial charge in [-0.1, -0.05) is 48.5 Å². The number of aliphatic imine (C=N–C) groups is 1. The number of rotatable bonds is 5. The molecule has 0 saturated carbocycles. The molecule has 1 amide bonds. The monoisotopic (exact) mass is 296 g/mol. The quantitative estimate of drug-likeness (QED) is 0.583. The van der Waals surface area contributed by atoms with Crippen molar-refractivity contribution >= 4 is 17.6 Å². The van der Waals surface area contributed by atoms with E-state index in [1.165, 1.54) is 6.92 Å². The second-order valence-corrected chi connectivity index (χ2v) is 5.03. The number of carbonyl (C=O) groups is 1. The Bertz CT molecular complexity index is 663. The predicted molar refractivity (Wildman–Crippen MR) is 89.4 cm³/mol. The van der Waals surface area contributed by atoms with E-state index in [0.29, 0.717) is 6.42 Å². The van der Waals surface area contributed by atoms with Gasteiger partial charge in [0, 0.05) is 18.2 Å². The molecule has 0 radical (unpaired) electrons. The molecule has 0 saturated heterocycles. The van der Waals surface area contributed by atoms with E-state index >= 15 is 0 Å². The van der Waals surface area contributed by atoms with Crippen LogP contribution in [0.1, 0.15) is 24.1 Å². The number of anilines is 1. The standard InChI is InChI=1S/C17H20N4O/c1-12(22)20-15-10-6-5-9-14(15)16(21-17(18)19)11-13-7-3-2-4-8-13/h2-10,16H,11H2,1H3,(H,20,22)(H4,18,19,21). The van der Waals surface area contributed by atoms with E-state index < -0.39 is 0 Å². The van der Waals surface area contributed by atoms with Gasteiger partial charge in [-0.15, -0.1) is 0 Å². The molecule has 0 heterocycles. The van der Waals surface area contributed by atoms with E-state index in [9.17, 15) is 4.79 Å². The van der Waals surface area contributed by atoms with Crippen LogP contribution in [0, 0.1) is 0 Å². The van der Waals surface area contributed by atoms with E-state index in [0.717, 1.165) is 16.8 Å². The van der Waals surface area contributed by atoms with Gasteiger partial charge >= 0.3 is 0 Å². The molecule has 2 rings (SSSR count). The predicted octanol–water partition coefficient (Wildman–Crippen LogP) is 2.20. The van der Waals surface area contributed by atoms with Crippen molar-refractivity contribution in [3.8, 4) is 0 Å². The Hall–Kier alpha value is -2.82. The fourth-order valence-corrected chi connectivity index (χ4v) is 2.33. The molecule has 0 aliphatic heterocycles. The summed E-state index contributed by atoms with van der Waals surface area (Å²) in [4.78, 5) is 15.7. The lowest BCUT2D eigenvalue weighted by molar-refractivity contribution is -0.114. The normalized spacial score (nSPS) is 11.5. The topological polar surface area (TPSA) is 93.5 Å². The number of hydrogen-bond acceptors (Lipinski definition) is 2. The first kappa shape index (κ1) is 15.6. The van der Waals surface area contributed by atoms with Gasteiger partial charge in [-0.25, -0.2) is 4.99 Å². The van der Waals surface area contributed by atoms with Gasteiger partial charge in [-0.3, -0.25) is 4.79 Å². The van der Waals surface area contributed by atoms with Crippen molar-refractivity contribution in [2.75, 3.05) is 5.32 Å². The Labute approximate surface area is 130 Å². The minimum Gasteiger partial charge on any atom is -0.370 e. The molecule has 2 aromatic carbocycles. The number of nitrogens with one attached hydrogen (secondary N) is 1. The molecule has 0 fully saturated rings. The Morgan fingerprint density at radius 1 is 1.09 bits per heavy atom. The molecule has 22 heavy (non-hydrogen) atoms. The molecule has 5 heteroatoms. The van der Waals surface area contributed by atoms with Gasteiger partial charge in [0.25, 0.3) is 0 Å². The summed E-state index contributed by atoms with van der Waals surface area (Å²) in [5.41, 5.74) is 13.9. The van der Waals surface area contributed by atoms with Crippen molar-refractivity contribution in [1.29, 1.82) is 0 Å². The summed E-state index contributed by atoms with van der Waals surface area (Å²) in [5, 5.41) is 2.82. The second kappa shape index (κ2) is 7.26. The van der Waals surface area contributed by atoms with Crippen LogP contribution in [-0.4, -0.2) is 11.9 Å². The average Bonchev–Trinajstić information content (AvgIpc) is 2.47. The Balaban J connectivity index is 2.37. The fraction of sp³-hybridized carbons (Fsp3) is 0.176. The number of nitrogens with two attached hydrogens (primary N) is 2. The molecule has 0 spiro atoms. The summed E-state index contributed by atoms with van der Waals surface area (Å²) >= 11 is 0. The number of amides is 1. The SMILES string of the molecule is CC(=O)Nc1ccccc1C(Cc1ccccc1)N=C(N)N. The first-order valence-corrected chi connectivity index (χ1v) is 7.05. The van der Waals surface area contributed by atoms with Gasteiger partial charge in [0.1, 0.15) is 0 Å². The highest BCUT2D eigenvalue weighted by molar-refractivity contribution is 5.89. The molecule has 1 atom stereocenters. The van der Waals surface area contributed by atoms with Crippen LogP contribution in [0.25, 0.3) is 0 Å². The van der Waals surface area contributed by atoms with Gasteiger partial charge in [-0.2, -0.15) is 0 Å². The number of carbonyl (C=O) groups excluding carboxylic acids is 1. The van der Waals surface area contributed by atoms with Crippen molar-refractivity contribution < 1.29 is 4.79 Å². The Kier molecular flexibility index (Phi) is 5.14. The summed E-state index contributed by atoms with van der Waals surface area (Å²) < 4.78 is 0. The maximum atomic E-state index is 11.4. The second-order valence-electron chi connectivity index (χ2n) is 5.03. The lowest BCUT2D eigenvalue weighted by Crippen LogP contribution is -2.24. The van der Waals surface area contributed by atoms with Crippen molar-refractivity contribution in [1.82, 2.24) is 0 Å². The lowest BCUT2D eigenvalue weighted by Gasteiger charge is -2.17. The highest BCUT2D eigenvalue weighted by Gasteiger charge is 2.16. The largest absolute Gasteiger partial charge is 0.370 e. The van der Waals surface area contributed by atoms with Crippen LogP contribution in [0.2, 0.25) is 0 Å². The number of para-hydroxylation sites is 1. The molecule has 0 aromatic heterocycles. The van der Waals surface area contributed by atoms with Crippen LogP contribution in [-0.2, 0) is 11.2 Å². The van der Waals surface area contributed by atoms with Gasteiger partial charge in [0.2, 0.25) is 5.91 Å². The van der Waals surface area contributed by atoms with Gasteiger partial charge in [0.05, 0.1) is 6.04 Å². The summed E-state index contributed by atoms with van der Waals surface area (Å²) in [6.45, 7) is 1.48. The molecule has 114 valence electrons. The molecule has 2 aromatic rings. The van der Waals surface area contributed by atoms with Gasteiger partial charge < -0.3 is 16.8 Å². The van der Waals surface area contributed by atoms with Crippen LogP contribution < -0.4 is 16.8 Å². The third kappa shape index (κ3) is 4.34. The third-order valence-electron chi connectivity index (χ3n) is 3.21. The van der Waals surface area contributed by atoms with E-state index in [2.05, 4.69) is 10.3 Å². The molecule has 0 aliphatic carbocycles. The first-order chi connectivity index (χ1) is 10.6. The van der Waals surface area contributed by atoms with E-state index in [1.807, 2.05) is 54.6 Å². The summed E-state index contributed by atoms with van der Waals surface area (Å²) in [7, 11) is 0. The van der Waals surface area contributed by atoms with Crippen molar-refractivity contribution in [2.45, 2.75) is 19.4 Å². The van der Waals surface area contributed by atoms with E-state index in [4.69, 9.17) is 11.5 Å². The van der Waals surface area contributed by atoms with Crippen molar-refractivity contribution in [3.63, 3.8) is 0 Å².